The van der Waals surface area contributed by atoms with Crippen LogP contribution in [0.25, 0.3) is 0 Å². The van der Waals surface area contributed by atoms with Gasteiger partial charge in [-0.05, 0) is 31.0 Å². The van der Waals surface area contributed by atoms with E-state index in [9.17, 15) is 0 Å². The topological polar surface area (TPSA) is 71.7 Å². The summed E-state index contributed by atoms with van der Waals surface area (Å²) in [6.07, 6.45) is 2.33. The van der Waals surface area contributed by atoms with Gasteiger partial charge in [-0.2, -0.15) is 0 Å². The van der Waals surface area contributed by atoms with Crippen molar-refractivity contribution >= 4 is 17.6 Å². The maximum Gasteiger partial charge on any atom is 0.191 e. The summed E-state index contributed by atoms with van der Waals surface area (Å²) in [4.78, 5) is 4.46. The van der Waals surface area contributed by atoms with E-state index in [0.717, 1.165) is 42.5 Å². The Bertz CT molecular complexity index is 629. The number of hydrogen-bond donors (Lipinski definition) is 2. The Kier molecular flexibility index (Phi) is 6.75. The first kappa shape index (κ1) is 17.1. The lowest BCUT2D eigenvalue weighted by Crippen LogP contribution is -2.38. The number of halogens is 1. The number of hydrogen-bond acceptors (Lipinski definition) is 4. The number of benzene rings is 1. The summed E-state index contributed by atoms with van der Waals surface area (Å²) in [5.74, 6) is 1.49. The van der Waals surface area contributed by atoms with Crippen LogP contribution < -0.4 is 15.4 Å². The van der Waals surface area contributed by atoms with E-state index in [1.807, 2.05) is 25.1 Å². The minimum Gasteiger partial charge on any atom is -0.497 e. The quantitative estimate of drug-likeness (QED) is 0.600. The van der Waals surface area contributed by atoms with E-state index in [0.29, 0.717) is 11.6 Å². The highest BCUT2D eigenvalue weighted by Crippen LogP contribution is 2.22. The minimum absolute atomic E-state index is 0.467. The van der Waals surface area contributed by atoms with Gasteiger partial charge in [0.05, 0.1) is 13.7 Å². The normalized spacial score (nSPS) is 11.3. The first-order chi connectivity index (χ1) is 11.2. The van der Waals surface area contributed by atoms with Crippen molar-refractivity contribution in [1.82, 2.24) is 15.8 Å². The maximum atomic E-state index is 6.24. The molecular weight excluding hydrogens is 316 g/mol. The van der Waals surface area contributed by atoms with Crippen LogP contribution in [-0.2, 0) is 13.0 Å². The van der Waals surface area contributed by atoms with E-state index in [2.05, 4.69) is 20.8 Å². The first-order valence-corrected chi connectivity index (χ1v) is 7.84. The molecule has 1 aromatic heterocycles. The zero-order valence-corrected chi connectivity index (χ0v) is 14.1. The summed E-state index contributed by atoms with van der Waals surface area (Å²) >= 11 is 6.24. The molecule has 124 valence electrons. The van der Waals surface area contributed by atoms with Gasteiger partial charge in [-0.1, -0.05) is 22.8 Å². The number of nitrogens with zero attached hydrogens (tertiary/aromatic N) is 2. The summed E-state index contributed by atoms with van der Waals surface area (Å²) in [5.41, 5.74) is 1.85. The van der Waals surface area contributed by atoms with E-state index in [1.54, 1.807) is 13.2 Å². The highest BCUT2D eigenvalue weighted by Gasteiger charge is 2.04. The third kappa shape index (κ3) is 5.49. The van der Waals surface area contributed by atoms with Gasteiger partial charge in [0.2, 0.25) is 0 Å². The van der Waals surface area contributed by atoms with Crippen molar-refractivity contribution in [2.75, 3.05) is 20.2 Å². The zero-order chi connectivity index (χ0) is 16.5. The fraction of sp³-hybridized carbons (Fsp3) is 0.375. The van der Waals surface area contributed by atoms with Gasteiger partial charge in [-0.25, -0.2) is 4.99 Å². The molecule has 0 atom stereocenters. The number of nitrogens with one attached hydrogen (secondary N) is 2. The summed E-state index contributed by atoms with van der Waals surface area (Å²) in [5, 5.41) is 11.0. The van der Waals surface area contributed by atoms with Crippen molar-refractivity contribution in [1.29, 1.82) is 0 Å². The molecule has 23 heavy (non-hydrogen) atoms. The molecule has 0 bridgehead atoms. The molecule has 2 N–H and O–H groups in total. The average Bonchev–Trinajstić information content (AvgIpc) is 3.07. The Balaban J connectivity index is 1.87. The van der Waals surface area contributed by atoms with Gasteiger partial charge >= 0.3 is 0 Å². The molecule has 2 aromatic rings. The van der Waals surface area contributed by atoms with Gasteiger partial charge in [0.1, 0.15) is 17.7 Å². The molecule has 0 aliphatic carbocycles. The van der Waals surface area contributed by atoms with Crippen LogP contribution in [0.2, 0.25) is 5.02 Å². The molecule has 0 aliphatic rings. The van der Waals surface area contributed by atoms with E-state index >= 15 is 0 Å². The minimum atomic E-state index is 0.467. The van der Waals surface area contributed by atoms with Crippen LogP contribution in [0.1, 0.15) is 18.2 Å². The lowest BCUT2D eigenvalue weighted by molar-refractivity contribution is 0.412. The summed E-state index contributed by atoms with van der Waals surface area (Å²) in [7, 11) is 1.63. The maximum absolute atomic E-state index is 6.24. The van der Waals surface area contributed by atoms with Crippen molar-refractivity contribution in [3.8, 4) is 5.75 Å². The SMILES string of the molecule is CCNC(=NCc1ccon1)NCCc1ccc(OC)cc1Cl. The monoisotopic (exact) mass is 336 g/mol. The van der Waals surface area contributed by atoms with Crippen LogP contribution in [0.5, 0.6) is 5.75 Å². The molecule has 0 amide bonds. The van der Waals surface area contributed by atoms with Gasteiger partial charge in [0, 0.05) is 24.2 Å². The Morgan fingerprint density at radius 3 is 2.87 bits per heavy atom. The third-order valence-electron chi connectivity index (χ3n) is 3.18. The first-order valence-electron chi connectivity index (χ1n) is 7.46. The van der Waals surface area contributed by atoms with Crippen molar-refractivity contribution < 1.29 is 9.26 Å². The third-order valence-corrected chi connectivity index (χ3v) is 3.53. The fourth-order valence-corrected chi connectivity index (χ4v) is 2.26. The molecule has 7 heteroatoms. The van der Waals surface area contributed by atoms with Crippen LogP contribution in [0, 0.1) is 0 Å². The summed E-state index contributed by atoms with van der Waals surface area (Å²) < 4.78 is 9.94. The summed E-state index contributed by atoms with van der Waals surface area (Å²) in [6.45, 7) is 3.99. The molecule has 2 rings (SSSR count). The van der Waals surface area contributed by atoms with Crippen LogP contribution in [-0.4, -0.2) is 31.3 Å². The second kappa shape index (κ2) is 9.05. The Labute approximate surface area is 140 Å². The molecule has 6 nitrogen and oxygen atoms in total. The van der Waals surface area contributed by atoms with Gasteiger partial charge < -0.3 is 19.9 Å². The smallest absolute Gasteiger partial charge is 0.191 e. The number of ether oxygens (including phenoxy) is 1. The van der Waals surface area contributed by atoms with Crippen LogP contribution in [0.3, 0.4) is 0 Å². The predicted octanol–water partition coefficient (Wildman–Crippen LogP) is 2.63. The Hall–Kier alpha value is -2.21. The molecule has 1 heterocycles. The second-order valence-corrected chi connectivity index (χ2v) is 5.23. The van der Waals surface area contributed by atoms with E-state index in [-0.39, 0.29) is 0 Å². The van der Waals surface area contributed by atoms with Crippen LogP contribution in [0.4, 0.5) is 0 Å². The van der Waals surface area contributed by atoms with Crippen molar-refractivity contribution in [3.63, 3.8) is 0 Å². The standard InChI is InChI=1S/C16H21ClN4O2/c1-3-18-16(20-11-13-7-9-23-21-13)19-8-6-12-4-5-14(22-2)10-15(12)17/h4-5,7,9-10H,3,6,8,11H2,1-2H3,(H2,18,19,20). The molecular formula is C16H21ClN4O2. The molecule has 0 unspecified atom stereocenters. The second-order valence-electron chi connectivity index (χ2n) is 4.82. The Morgan fingerprint density at radius 2 is 2.22 bits per heavy atom. The van der Waals surface area contributed by atoms with E-state index < -0.39 is 0 Å². The van der Waals surface area contributed by atoms with Gasteiger partial charge in [-0.15, -0.1) is 0 Å². The number of aliphatic imine (C=N–C) groups is 1. The summed E-state index contributed by atoms with van der Waals surface area (Å²) in [6, 6.07) is 7.50. The number of guanidine groups is 1. The highest BCUT2D eigenvalue weighted by molar-refractivity contribution is 6.31. The molecule has 0 radical (unpaired) electrons. The number of methoxy groups -OCH3 is 1. The van der Waals surface area contributed by atoms with Crippen LogP contribution >= 0.6 is 11.6 Å². The number of rotatable bonds is 7. The van der Waals surface area contributed by atoms with Crippen molar-refractivity contribution in [3.05, 3.63) is 46.8 Å². The van der Waals surface area contributed by atoms with E-state index in [1.165, 1.54) is 6.26 Å². The number of aromatic nitrogens is 1. The lowest BCUT2D eigenvalue weighted by atomic mass is 10.1. The zero-order valence-electron chi connectivity index (χ0n) is 13.3. The van der Waals surface area contributed by atoms with E-state index in [4.69, 9.17) is 20.9 Å². The largest absolute Gasteiger partial charge is 0.497 e. The van der Waals surface area contributed by atoms with Crippen molar-refractivity contribution in [2.45, 2.75) is 19.9 Å². The molecule has 0 aliphatic heterocycles. The fourth-order valence-electron chi connectivity index (χ4n) is 1.99. The predicted molar refractivity (Wildman–Crippen MR) is 91.0 cm³/mol. The molecule has 1 aromatic carbocycles. The Morgan fingerprint density at radius 1 is 1.35 bits per heavy atom. The molecule has 0 saturated carbocycles. The van der Waals surface area contributed by atoms with Gasteiger partial charge in [0.25, 0.3) is 0 Å². The lowest BCUT2D eigenvalue weighted by Gasteiger charge is -2.12. The average molecular weight is 337 g/mol. The van der Waals surface area contributed by atoms with Crippen molar-refractivity contribution in [2.24, 2.45) is 4.99 Å². The van der Waals surface area contributed by atoms with Gasteiger partial charge in [-0.3, -0.25) is 0 Å². The van der Waals surface area contributed by atoms with Gasteiger partial charge in [0.15, 0.2) is 5.96 Å². The molecule has 0 fully saturated rings. The van der Waals surface area contributed by atoms with Crippen LogP contribution in [0.15, 0.2) is 40.0 Å². The highest BCUT2D eigenvalue weighted by atomic mass is 35.5. The molecule has 0 spiro atoms. The molecule has 0 saturated heterocycles.